The van der Waals surface area contributed by atoms with Gasteiger partial charge in [0.05, 0.1) is 30.6 Å². The van der Waals surface area contributed by atoms with Crippen LogP contribution in [0.25, 0.3) is 16.9 Å². The molecule has 1 aromatic carbocycles. The molecule has 1 saturated heterocycles. The van der Waals surface area contributed by atoms with E-state index >= 15 is 0 Å². The molecule has 0 spiro atoms. The Bertz CT molecular complexity index is 1570. The second kappa shape index (κ2) is 7.73. The monoisotopic (exact) mass is 506 g/mol. The van der Waals surface area contributed by atoms with E-state index in [2.05, 4.69) is 15.0 Å². The molecule has 1 N–H and O–H groups in total. The van der Waals surface area contributed by atoms with E-state index in [-0.39, 0.29) is 30.9 Å². The molecule has 4 aromatic rings. The molecule has 2 aliphatic heterocycles. The third kappa shape index (κ3) is 3.18. The molecule has 1 aliphatic carbocycles. The lowest BCUT2D eigenvalue weighted by atomic mass is 9.91. The van der Waals surface area contributed by atoms with E-state index in [0.29, 0.717) is 46.0 Å². The first kappa shape index (κ1) is 22.2. The maximum atomic E-state index is 13.3. The van der Waals surface area contributed by atoms with Gasteiger partial charge in [0.25, 0.3) is 5.91 Å². The van der Waals surface area contributed by atoms with Gasteiger partial charge in [-0.15, -0.1) is 0 Å². The van der Waals surface area contributed by atoms with Crippen molar-refractivity contribution in [3.63, 3.8) is 0 Å². The molecular weight excluding hydrogens is 486 g/mol. The number of alkyl halides is 2. The van der Waals surface area contributed by atoms with E-state index in [0.717, 1.165) is 5.69 Å². The van der Waals surface area contributed by atoms with Gasteiger partial charge < -0.3 is 19.5 Å². The second-order valence-corrected chi connectivity index (χ2v) is 9.53. The summed E-state index contributed by atoms with van der Waals surface area (Å²) in [5.74, 6) is 0.0277. The number of halogens is 2. The Balaban J connectivity index is 1.37. The van der Waals surface area contributed by atoms with Gasteiger partial charge in [-0.2, -0.15) is 8.78 Å². The Labute approximate surface area is 208 Å². The van der Waals surface area contributed by atoms with Crippen LogP contribution in [-0.2, 0) is 10.3 Å². The average molecular weight is 506 g/mol. The largest absolute Gasteiger partial charge is 0.434 e. The lowest BCUT2D eigenvalue weighted by Crippen LogP contribution is -2.47. The first-order valence-corrected chi connectivity index (χ1v) is 11.7. The fraction of sp³-hybridized carbons (Fsp3) is 0.320. The summed E-state index contributed by atoms with van der Waals surface area (Å²) in [7, 11) is 1.69. The standard InChI is InChI=1S/C25H20F2N6O4/c1-32-16-5-15(18-14(21(32)34)3-2-4-17(18)37-23(26)27)20-19(16)31-24-30-8-13(9-33(20)24)12-6-28-22(29-7-12)25(35)10-36-11-25/h2-4,6-9,15-16,23,35H,5,10-11H2,1H3. The van der Waals surface area contributed by atoms with E-state index in [1.807, 2.05) is 10.6 Å². The molecule has 37 heavy (non-hydrogen) atoms. The summed E-state index contributed by atoms with van der Waals surface area (Å²) in [5, 5.41) is 10.4. The summed E-state index contributed by atoms with van der Waals surface area (Å²) in [6.07, 6.45) is 7.20. The van der Waals surface area contributed by atoms with Crippen LogP contribution in [0.1, 0.15) is 51.5 Å². The minimum Gasteiger partial charge on any atom is -0.434 e. The Hall–Kier alpha value is -4.03. The lowest BCUT2D eigenvalue weighted by molar-refractivity contribution is -0.189. The lowest BCUT2D eigenvalue weighted by Gasteiger charge is -2.34. The van der Waals surface area contributed by atoms with Gasteiger partial charge in [-0.05, 0) is 18.6 Å². The number of aromatic nitrogens is 5. The quantitative estimate of drug-likeness (QED) is 0.449. The Kier molecular flexibility index (Phi) is 4.64. The molecule has 1 fully saturated rings. The number of aliphatic hydroxyl groups is 1. The maximum Gasteiger partial charge on any atom is 0.387 e. The highest BCUT2D eigenvalue weighted by molar-refractivity contribution is 5.98. The second-order valence-electron chi connectivity index (χ2n) is 9.53. The Morgan fingerprint density at radius 1 is 1.16 bits per heavy atom. The van der Waals surface area contributed by atoms with E-state index < -0.39 is 18.1 Å². The van der Waals surface area contributed by atoms with Crippen molar-refractivity contribution in [3.05, 3.63) is 71.3 Å². The first-order valence-electron chi connectivity index (χ1n) is 11.7. The molecular formula is C25H20F2N6O4. The highest BCUT2D eigenvalue weighted by Crippen LogP contribution is 2.52. The molecule has 2 atom stereocenters. The van der Waals surface area contributed by atoms with E-state index in [9.17, 15) is 18.7 Å². The molecule has 2 bridgehead atoms. The van der Waals surface area contributed by atoms with Crippen LogP contribution in [0.3, 0.4) is 0 Å². The number of ether oxygens (including phenoxy) is 2. The van der Waals surface area contributed by atoms with Crippen LogP contribution in [0, 0.1) is 0 Å². The highest BCUT2D eigenvalue weighted by atomic mass is 19.3. The SMILES string of the molecule is CN1C(=O)c2cccc(OC(F)F)c2C2CC1c1nc3ncc(-c4cnc(C5(O)COC5)nc4)cn3c12. The van der Waals surface area contributed by atoms with E-state index in [4.69, 9.17) is 14.5 Å². The van der Waals surface area contributed by atoms with Crippen molar-refractivity contribution < 1.29 is 28.2 Å². The van der Waals surface area contributed by atoms with Gasteiger partial charge >= 0.3 is 6.61 Å². The van der Waals surface area contributed by atoms with Gasteiger partial charge in [-0.3, -0.25) is 9.20 Å². The fourth-order valence-electron chi connectivity index (χ4n) is 5.51. The summed E-state index contributed by atoms with van der Waals surface area (Å²) in [6.45, 7) is -2.72. The summed E-state index contributed by atoms with van der Waals surface area (Å²) in [5.41, 5.74) is 2.43. The molecule has 10 nitrogen and oxygen atoms in total. The number of nitrogens with zero attached hydrogens (tertiary/aromatic N) is 6. The van der Waals surface area contributed by atoms with Gasteiger partial charge in [0, 0.05) is 60.0 Å². The predicted octanol–water partition coefficient (Wildman–Crippen LogP) is 2.67. The third-order valence-electron chi connectivity index (χ3n) is 7.38. The topological polar surface area (TPSA) is 115 Å². The molecule has 0 radical (unpaired) electrons. The Morgan fingerprint density at radius 3 is 2.62 bits per heavy atom. The van der Waals surface area contributed by atoms with Crippen molar-refractivity contribution in [1.29, 1.82) is 0 Å². The number of rotatable bonds is 4. The molecule has 1 amide bonds. The normalized spacial score (nSPS) is 21.5. The van der Waals surface area contributed by atoms with Crippen molar-refractivity contribution in [2.45, 2.75) is 30.6 Å². The zero-order valence-corrected chi connectivity index (χ0v) is 19.5. The molecule has 2 unspecified atom stereocenters. The van der Waals surface area contributed by atoms with Crippen LogP contribution >= 0.6 is 0 Å². The maximum absolute atomic E-state index is 13.3. The van der Waals surface area contributed by atoms with E-state index in [1.165, 1.54) is 6.07 Å². The molecule has 7 rings (SSSR count). The van der Waals surface area contributed by atoms with Gasteiger partial charge in [-0.25, -0.2) is 19.9 Å². The van der Waals surface area contributed by atoms with Crippen LogP contribution in [-0.4, -0.2) is 67.1 Å². The van der Waals surface area contributed by atoms with Gasteiger partial charge in [0.15, 0.2) is 11.4 Å². The van der Waals surface area contributed by atoms with Crippen LogP contribution in [0.15, 0.2) is 43.0 Å². The molecule has 12 heteroatoms. The molecule has 0 saturated carbocycles. The van der Waals surface area contributed by atoms with Gasteiger partial charge in [0.2, 0.25) is 5.78 Å². The van der Waals surface area contributed by atoms with Crippen LogP contribution in [0.5, 0.6) is 5.75 Å². The third-order valence-corrected chi connectivity index (χ3v) is 7.38. The first-order chi connectivity index (χ1) is 17.8. The number of carbonyl (C=O) groups is 1. The zero-order chi connectivity index (χ0) is 25.5. The molecule has 188 valence electrons. The number of hydrogen-bond donors (Lipinski definition) is 1. The van der Waals surface area contributed by atoms with Crippen molar-refractivity contribution in [2.24, 2.45) is 0 Å². The minimum absolute atomic E-state index is 0.0197. The number of hydrogen-bond acceptors (Lipinski definition) is 8. The van der Waals surface area contributed by atoms with Gasteiger partial charge in [0.1, 0.15) is 5.75 Å². The van der Waals surface area contributed by atoms with Crippen molar-refractivity contribution in [3.8, 4) is 16.9 Å². The highest BCUT2D eigenvalue weighted by Gasteiger charge is 2.46. The summed E-state index contributed by atoms with van der Waals surface area (Å²) < 4.78 is 38.3. The number of carbonyl (C=O) groups excluding carboxylic acids is 1. The number of fused-ring (bicyclic) bond motifs is 9. The summed E-state index contributed by atoms with van der Waals surface area (Å²) in [4.78, 5) is 32.7. The molecule has 5 heterocycles. The summed E-state index contributed by atoms with van der Waals surface area (Å²) >= 11 is 0. The van der Waals surface area contributed by atoms with E-state index in [1.54, 1.807) is 42.7 Å². The van der Waals surface area contributed by atoms with Crippen molar-refractivity contribution in [2.75, 3.05) is 20.3 Å². The minimum atomic E-state index is -3.03. The predicted molar refractivity (Wildman–Crippen MR) is 123 cm³/mol. The Morgan fingerprint density at radius 2 is 1.92 bits per heavy atom. The van der Waals surface area contributed by atoms with Crippen molar-refractivity contribution in [1.82, 2.24) is 29.2 Å². The van der Waals surface area contributed by atoms with Gasteiger partial charge in [-0.1, -0.05) is 6.07 Å². The molecule has 3 aliphatic rings. The van der Waals surface area contributed by atoms with Crippen molar-refractivity contribution >= 4 is 11.7 Å². The number of amides is 1. The molecule has 3 aromatic heterocycles. The summed E-state index contributed by atoms with van der Waals surface area (Å²) in [6, 6.07) is 4.31. The van der Waals surface area contributed by atoms with Crippen LogP contribution in [0.2, 0.25) is 0 Å². The van der Waals surface area contributed by atoms with Crippen LogP contribution in [0.4, 0.5) is 8.78 Å². The van der Waals surface area contributed by atoms with Crippen LogP contribution < -0.4 is 4.74 Å². The zero-order valence-electron chi connectivity index (χ0n) is 19.5. The number of benzene rings is 1. The number of imidazole rings is 1. The smallest absolute Gasteiger partial charge is 0.387 e. The average Bonchev–Trinajstić information content (AvgIpc) is 3.40. The fourth-order valence-corrected chi connectivity index (χ4v) is 5.51.